The normalized spacial score (nSPS) is 11.9. The first-order valence-electron chi connectivity index (χ1n) is 5.95. The first kappa shape index (κ1) is 14.5. The summed E-state index contributed by atoms with van der Waals surface area (Å²) in [5.41, 5.74) is 6.55. The van der Waals surface area contributed by atoms with Gasteiger partial charge in [0, 0.05) is 20.6 Å². The van der Waals surface area contributed by atoms with Crippen molar-refractivity contribution in [3.8, 4) is 11.4 Å². The van der Waals surface area contributed by atoms with Gasteiger partial charge in [-0.05, 0) is 54.9 Å². The van der Waals surface area contributed by atoms with Gasteiger partial charge >= 0.3 is 0 Å². The molecule has 102 valence electrons. The molecule has 1 heterocycles. The predicted octanol–water partition coefficient (Wildman–Crippen LogP) is 3.57. The summed E-state index contributed by atoms with van der Waals surface area (Å²) in [4.78, 5) is 0. The number of hydrogen-bond donors (Lipinski definition) is 1. The van der Waals surface area contributed by atoms with Crippen LogP contribution in [-0.2, 0) is 12.1 Å². The van der Waals surface area contributed by atoms with E-state index in [9.17, 15) is 0 Å². The maximum Gasteiger partial charge on any atom is 0.165 e. The van der Waals surface area contributed by atoms with Crippen molar-refractivity contribution in [1.29, 1.82) is 0 Å². The van der Waals surface area contributed by atoms with Crippen LogP contribution >= 0.6 is 27.5 Å². The van der Waals surface area contributed by atoms with Gasteiger partial charge in [-0.2, -0.15) is 0 Å². The molecule has 0 atom stereocenters. The van der Waals surface area contributed by atoms with Crippen LogP contribution in [0.3, 0.4) is 0 Å². The van der Waals surface area contributed by atoms with Gasteiger partial charge in [0.05, 0.1) is 6.54 Å². The quantitative estimate of drug-likeness (QED) is 0.907. The highest BCUT2D eigenvalue weighted by Crippen LogP contribution is 2.32. The third-order valence-electron chi connectivity index (χ3n) is 2.76. The smallest absolute Gasteiger partial charge is 0.165 e. The van der Waals surface area contributed by atoms with Gasteiger partial charge in [-0.25, -0.2) is 0 Å². The Kier molecular flexibility index (Phi) is 3.99. The van der Waals surface area contributed by atoms with Crippen molar-refractivity contribution >= 4 is 27.5 Å². The lowest BCUT2D eigenvalue weighted by molar-refractivity contribution is 0.386. The molecule has 1 aromatic heterocycles. The molecule has 0 bridgehead atoms. The fourth-order valence-corrected chi connectivity index (χ4v) is 2.86. The van der Waals surface area contributed by atoms with Crippen LogP contribution in [0, 0.1) is 0 Å². The van der Waals surface area contributed by atoms with E-state index in [1.807, 2.05) is 18.2 Å². The van der Waals surface area contributed by atoms with Crippen LogP contribution < -0.4 is 5.73 Å². The van der Waals surface area contributed by atoms with E-state index < -0.39 is 0 Å². The molecule has 0 amide bonds. The molecule has 0 spiro atoms. The van der Waals surface area contributed by atoms with Crippen LogP contribution in [-0.4, -0.2) is 14.8 Å². The number of nitrogens with zero attached hydrogens (tertiary/aromatic N) is 3. The second kappa shape index (κ2) is 5.23. The third-order valence-corrected chi connectivity index (χ3v) is 3.65. The topological polar surface area (TPSA) is 56.7 Å². The van der Waals surface area contributed by atoms with Crippen LogP contribution in [0.25, 0.3) is 11.4 Å². The molecule has 2 rings (SSSR count). The van der Waals surface area contributed by atoms with Gasteiger partial charge in [-0.15, -0.1) is 10.2 Å². The van der Waals surface area contributed by atoms with Gasteiger partial charge < -0.3 is 10.3 Å². The number of nitrogens with two attached hydrogens (primary N) is 1. The number of halogens is 2. The van der Waals surface area contributed by atoms with Gasteiger partial charge in [-0.3, -0.25) is 0 Å². The summed E-state index contributed by atoms with van der Waals surface area (Å²) < 4.78 is 2.95. The van der Waals surface area contributed by atoms with E-state index in [0.29, 0.717) is 11.6 Å². The minimum atomic E-state index is -0.146. The average Bonchev–Trinajstić information content (AvgIpc) is 2.72. The highest BCUT2D eigenvalue weighted by atomic mass is 79.9. The zero-order valence-corrected chi connectivity index (χ0v) is 13.5. The number of aromatic nitrogens is 3. The van der Waals surface area contributed by atoms with Crippen molar-refractivity contribution in [1.82, 2.24) is 14.8 Å². The maximum atomic E-state index is 5.97. The number of hydrogen-bond acceptors (Lipinski definition) is 3. The zero-order valence-electron chi connectivity index (χ0n) is 11.1. The van der Waals surface area contributed by atoms with E-state index in [4.69, 9.17) is 17.3 Å². The fraction of sp³-hybridized carbons (Fsp3) is 0.385. The molecular weight excluding hydrogens is 328 g/mol. The van der Waals surface area contributed by atoms with E-state index in [1.165, 1.54) is 0 Å². The van der Waals surface area contributed by atoms with Crippen LogP contribution in [0.4, 0.5) is 0 Å². The predicted molar refractivity (Wildman–Crippen MR) is 81.1 cm³/mol. The Labute approximate surface area is 126 Å². The summed E-state index contributed by atoms with van der Waals surface area (Å²) in [7, 11) is 0. The molecule has 0 aliphatic carbocycles. The summed E-state index contributed by atoms with van der Waals surface area (Å²) in [5, 5.41) is 9.13. The van der Waals surface area contributed by atoms with Crippen LogP contribution in [0.5, 0.6) is 0 Å². The van der Waals surface area contributed by atoms with Crippen LogP contribution in [0.2, 0.25) is 5.02 Å². The summed E-state index contributed by atoms with van der Waals surface area (Å²) in [6.07, 6.45) is 0. The Morgan fingerprint density at radius 2 is 2.00 bits per heavy atom. The fourth-order valence-electron chi connectivity index (χ4n) is 2.00. The van der Waals surface area contributed by atoms with E-state index in [1.54, 1.807) is 0 Å². The molecule has 0 saturated heterocycles. The lowest BCUT2D eigenvalue weighted by atomic mass is 10.1. The molecule has 2 aromatic rings. The number of rotatable bonds is 2. The van der Waals surface area contributed by atoms with Gasteiger partial charge in [0.1, 0.15) is 5.82 Å². The Morgan fingerprint density at radius 3 is 2.53 bits per heavy atom. The summed E-state index contributed by atoms with van der Waals surface area (Å²) in [5.74, 6) is 1.56. The maximum absolute atomic E-state index is 5.97. The van der Waals surface area contributed by atoms with Crippen LogP contribution in [0.15, 0.2) is 22.7 Å². The van der Waals surface area contributed by atoms with E-state index in [0.717, 1.165) is 21.7 Å². The molecule has 19 heavy (non-hydrogen) atoms. The Bertz CT molecular complexity index is 601. The molecule has 0 fully saturated rings. The molecule has 6 heteroatoms. The van der Waals surface area contributed by atoms with Crippen molar-refractivity contribution in [3.05, 3.63) is 33.5 Å². The number of benzene rings is 1. The monoisotopic (exact) mass is 342 g/mol. The summed E-state index contributed by atoms with van der Waals surface area (Å²) >= 11 is 9.49. The Balaban J connectivity index is 2.66. The van der Waals surface area contributed by atoms with Crippen molar-refractivity contribution < 1.29 is 0 Å². The summed E-state index contributed by atoms with van der Waals surface area (Å²) in [6.45, 7) is 6.66. The minimum Gasteiger partial charge on any atom is -0.324 e. The van der Waals surface area contributed by atoms with E-state index >= 15 is 0 Å². The van der Waals surface area contributed by atoms with Crippen molar-refractivity contribution in [2.24, 2.45) is 5.73 Å². The third kappa shape index (κ3) is 2.83. The second-order valence-corrected chi connectivity index (χ2v) is 6.57. The molecule has 0 radical (unpaired) electrons. The average molecular weight is 344 g/mol. The molecule has 4 nitrogen and oxygen atoms in total. The SMILES string of the molecule is CC(C)(C)n1c(CN)nnc1-c1ccc(Cl)cc1Br. The zero-order chi connectivity index (χ0) is 14.2. The highest BCUT2D eigenvalue weighted by Gasteiger charge is 2.24. The molecule has 0 aliphatic heterocycles. The largest absolute Gasteiger partial charge is 0.324 e. The molecule has 0 saturated carbocycles. The first-order chi connectivity index (χ1) is 8.84. The van der Waals surface area contributed by atoms with E-state index in [2.05, 4.69) is 51.5 Å². The second-order valence-electron chi connectivity index (χ2n) is 5.27. The molecule has 2 N–H and O–H groups in total. The van der Waals surface area contributed by atoms with Crippen molar-refractivity contribution in [3.63, 3.8) is 0 Å². The molecule has 0 aliphatic rings. The van der Waals surface area contributed by atoms with Gasteiger partial charge in [-0.1, -0.05) is 11.6 Å². The lowest BCUT2D eigenvalue weighted by Gasteiger charge is -2.25. The van der Waals surface area contributed by atoms with Gasteiger partial charge in [0.15, 0.2) is 5.82 Å². The Morgan fingerprint density at radius 1 is 1.32 bits per heavy atom. The molecule has 0 unspecified atom stereocenters. The van der Waals surface area contributed by atoms with E-state index in [-0.39, 0.29) is 5.54 Å². The molecular formula is C13H16BrClN4. The minimum absolute atomic E-state index is 0.146. The summed E-state index contributed by atoms with van der Waals surface area (Å²) in [6, 6.07) is 5.62. The standard InChI is InChI=1S/C13H16BrClN4/c1-13(2,3)19-11(7-16)17-18-12(19)9-5-4-8(15)6-10(9)14/h4-6H,7,16H2,1-3H3. The van der Waals surface area contributed by atoms with Gasteiger partial charge in [0.2, 0.25) is 0 Å². The first-order valence-corrected chi connectivity index (χ1v) is 7.12. The van der Waals surface area contributed by atoms with Gasteiger partial charge in [0.25, 0.3) is 0 Å². The highest BCUT2D eigenvalue weighted by molar-refractivity contribution is 9.10. The molecule has 1 aromatic carbocycles. The van der Waals surface area contributed by atoms with Crippen molar-refractivity contribution in [2.75, 3.05) is 0 Å². The lowest BCUT2D eigenvalue weighted by Crippen LogP contribution is -2.26. The Hall–Kier alpha value is -0.910. The van der Waals surface area contributed by atoms with Crippen LogP contribution in [0.1, 0.15) is 26.6 Å². The van der Waals surface area contributed by atoms with Crippen molar-refractivity contribution in [2.45, 2.75) is 32.9 Å².